The van der Waals surface area contributed by atoms with Crippen molar-refractivity contribution >= 4 is 21.6 Å². The number of thiazole rings is 1. The highest BCUT2D eigenvalue weighted by molar-refractivity contribution is 7.16. The van der Waals surface area contributed by atoms with Crippen molar-refractivity contribution in [3.05, 3.63) is 23.2 Å². The van der Waals surface area contributed by atoms with Crippen molar-refractivity contribution in [2.75, 3.05) is 26.9 Å². The Morgan fingerprint density at radius 3 is 3.12 bits per heavy atom. The molecule has 1 fully saturated rings. The normalized spacial score (nSPS) is 20.6. The fourth-order valence-corrected chi connectivity index (χ4v) is 2.73. The van der Waals surface area contributed by atoms with E-state index >= 15 is 0 Å². The van der Waals surface area contributed by atoms with Gasteiger partial charge in [0.1, 0.15) is 11.6 Å². The van der Waals surface area contributed by atoms with E-state index in [-0.39, 0.29) is 6.10 Å². The van der Waals surface area contributed by atoms with E-state index in [1.807, 2.05) is 11.6 Å². The summed E-state index contributed by atoms with van der Waals surface area (Å²) in [5, 5.41) is 0. The lowest BCUT2D eigenvalue weighted by atomic mass is 10.1. The van der Waals surface area contributed by atoms with Gasteiger partial charge in [-0.2, -0.15) is 0 Å². The van der Waals surface area contributed by atoms with Crippen molar-refractivity contribution in [3.63, 3.8) is 0 Å². The smallest absolute Gasteiger partial charge is 0.151 e. The van der Waals surface area contributed by atoms with Crippen molar-refractivity contribution in [3.8, 4) is 5.75 Å². The molecule has 1 aliphatic heterocycles. The maximum atomic E-state index is 5.70. The molecule has 1 unspecified atom stereocenters. The highest BCUT2D eigenvalue weighted by Crippen LogP contribution is 2.36. The van der Waals surface area contributed by atoms with Gasteiger partial charge in [-0.3, -0.25) is 0 Å². The lowest BCUT2D eigenvalue weighted by Gasteiger charge is -2.24. The number of methoxy groups -OCH3 is 1. The average Bonchev–Trinajstić information content (AvgIpc) is 2.86. The molecule has 5 heteroatoms. The third-order valence-corrected chi connectivity index (χ3v) is 3.65. The van der Waals surface area contributed by atoms with E-state index < -0.39 is 0 Å². The minimum atomic E-state index is -0.0511. The van der Waals surface area contributed by atoms with Crippen LogP contribution >= 0.6 is 11.3 Å². The lowest BCUT2D eigenvalue weighted by Crippen LogP contribution is -2.22. The molecule has 2 aromatic rings. The molecule has 1 aliphatic rings. The van der Waals surface area contributed by atoms with E-state index in [1.54, 1.807) is 18.4 Å². The van der Waals surface area contributed by atoms with E-state index in [0.717, 1.165) is 21.5 Å². The number of ether oxygens (including phenoxy) is 3. The van der Waals surface area contributed by atoms with Gasteiger partial charge >= 0.3 is 0 Å². The number of hydrogen-bond donors (Lipinski definition) is 0. The van der Waals surface area contributed by atoms with Crippen LogP contribution in [0.25, 0.3) is 10.2 Å². The Hall–Kier alpha value is -1.17. The van der Waals surface area contributed by atoms with E-state index in [4.69, 9.17) is 14.2 Å². The summed E-state index contributed by atoms with van der Waals surface area (Å²) in [7, 11) is 1.67. The summed E-state index contributed by atoms with van der Waals surface area (Å²) in [5.74, 6) is 0.805. The number of benzene rings is 1. The highest BCUT2D eigenvalue weighted by Gasteiger charge is 2.22. The molecule has 4 nitrogen and oxygen atoms in total. The largest absolute Gasteiger partial charge is 0.494 e. The van der Waals surface area contributed by atoms with Crippen LogP contribution in [0.15, 0.2) is 17.6 Å². The van der Waals surface area contributed by atoms with E-state index in [2.05, 4.69) is 11.1 Å². The SMILES string of the molecule is COc1c(C2COCCO2)ccc2scnc12. The summed E-state index contributed by atoms with van der Waals surface area (Å²) >= 11 is 1.61. The van der Waals surface area contributed by atoms with Gasteiger partial charge in [-0.15, -0.1) is 11.3 Å². The molecule has 1 atom stereocenters. The van der Waals surface area contributed by atoms with Crippen molar-refractivity contribution in [2.24, 2.45) is 0 Å². The molecule has 90 valence electrons. The second-order valence-electron chi connectivity index (χ2n) is 3.82. The standard InChI is InChI=1S/C12H13NO3S/c1-14-12-8(9-6-15-4-5-16-9)2-3-10-11(12)13-7-17-10/h2-3,7,9H,4-6H2,1H3. The number of rotatable bonds is 2. The van der Waals surface area contributed by atoms with Crippen LogP contribution in [0.2, 0.25) is 0 Å². The zero-order chi connectivity index (χ0) is 11.7. The zero-order valence-electron chi connectivity index (χ0n) is 9.51. The van der Waals surface area contributed by atoms with Gasteiger partial charge in [0.05, 0.1) is 37.1 Å². The first-order valence-electron chi connectivity index (χ1n) is 5.49. The van der Waals surface area contributed by atoms with Gasteiger partial charge in [0.15, 0.2) is 5.75 Å². The van der Waals surface area contributed by atoms with Gasteiger partial charge in [0, 0.05) is 5.56 Å². The summed E-state index contributed by atoms with van der Waals surface area (Å²) in [6.07, 6.45) is -0.0511. The van der Waals surface area contributed by atoms with Crippen LogP contribution in [0.5, 0.6) is 5.75 Å². The topological polar surface area (TPSA) is 40.6 Å². The number of fused-ring (bicyclic) bond motifs is 1. The summed E-state index contributed by atoms with van der Waals surface area (Å²) in [4.78, 5) is 4.34. The van der Waals surface area contributed by atoms with Crippen LogP contribution in [0, 0.1) is 0 Å². The monoisotopic (exact) mass is 251 g/mol. The average molecular weight is 251 g/mol. The molecule has 0 bridgehead atoms. The summed E-state index contributed by atoms with van der Waals surface area (Å²) in [6, 6.07) is 4.10. The maximum absolute atomic E-state index is 5.70. The van der Waals surface area contributed by atoms with Crippen LogP contribution < -0.4 is 4.74 Å². The number of hydrogen-bond acceptors (Lipinski definition) is 5. The number of nitrogens with zero attached hydrogens (tertiary/aromatic N) is 1. The Balaban J connectivity index is 2.07. The fourth-order valence-electron chi connectivity index (χ4n) is 2.06. The first kappa shape index (κ1) is 11.0. The Morgan fingerprint density at radius 2 is 2.35 bits per heavy atom. The predicted octanol–water partition coefficient (Wildman–Crippen LogP) is 2.39. The molecular formula is C12H13NO3S. The quantitative estimate of drug-likeness (QED) is 0.821. The molecule has 0 N–H and O–H groups in total. The zero-order valence-corrected chi connectivity index (χ0v) is 10.3. The second-order valence-corrected chi connectivity index (χ2v) is 4.71. The molecule has 0 spiro atoms. The Kier molecular flexibility index (Phi) is 2.96. The van der Waals surface area contributed by atoms with Crippen molar-refractivity contribution in [1.82, 2.24) is 4.98 Å². The molecule has 0 aliphatic carbocycles. The third kappa shape index (κ3) is 1.90. The van der Waals surface area contributed by atoms with E-state index in [0.29, 0.717) is 19.8 Å². The molecule has 1 aromatic heterocycles. The minimum Gasteiger partial charge on any atom is -0.494 e. The fraction of sp³-hybridized carbons (Fsp3) is 0.417. The first-order chi connectivity index (χ1) is 8.40. The molecule has 0 amide bonds. The molecule has 0 saturated carbocycles. The van der Waals surface area contributed by atoms with Crippen molar-refractivity contribution < 1.29 is 14.2 Å². The first-order valence-corrected chi connectivity index (χ1v) is 6.37. The molecular weight excluding hydrogens is 238 g/mol. The van der Waals surface area contributed by atoms with E-state index in [9.17, 15) is 0 Å². The molecule has 3 rings (SSSR count). The predicted molar refractivity (Wildman–Crippen MR) is 65.7 cm³/mol. The van der Waals surface area contributed by atoms with Crippen LogP contribution in [0.1, 0.15) is 11.7 Å². The summed E-state index contributed by atoms with van der Waals surface area (Å²) in [5.41, 5.74) is 3.75. The van der Waals surface area contributed by atoms with Gasteiger partial charge in [-0.25, -0.2) is 4.98 Å². The van der Waals surface area contributed by atoms with Crippen LogP contribution in [0.3, 0.4) is 0 Å². The Bertz CT molecular complexity index is 519. The highest BCUT2D eigenvalue weighted by atomic mass is 32.1. The van der Waals surface area contributed by atoms with Crippen molar-refractivity contribution in [1.29, 1.82) is 0 Å². The van der Waals surface area contributed by atoms with Crippen molar-refractivity contribution in [2.45, 2.75) is 6.10 Å². The van der Waals surface area contributed by atoms with E-state index in [1.165, 1.54) is 0 Å². The molecule has 0 radical (unpaired) electrons. The van der Waals surface area contributed by atoms with Gasteiger partial charge in [-0.1, -0.05) is 6.07 Å². The van der Waals surface area contributed by atoms with Gasteiger partial charge in [0.2, 0.25) is 0 Å². The van der Waals surface area contributed by atoms with Gasteiger partial charge in [0.25, 0.3) is 0 Å². The van der Waals surface area contributed by atoms with Crippen LogP contribution in [0.4, 0.5) is 0 Å². The minimum absolute atomic E-state index is 0.0511. The van der Waals surface area contributed by atoms with Gasteiger partial charge < -0.3 is 14.2 Å². The van der Waals surface area contributed by atoms with Crippen LogP contribution in [-0.4, -0.2) is 31.9 Å². The third-order valence-electron chi connectivity index (χ3n) is 2.85. The molecule has 17 heavy (non-hydrogen) atoms. The van der Waals surface area contributed by atoms with Gasteiger partial charge in [-0.05, 0) is 6.07 Å². The molecule has 1 aromatic carbocycles. The number of aromatic nitrogens is 1. The Morgan fingerprint density at radius 1 is 1.41 bits per heavy atom. The second kappa shape index (κ2) is 4.60. The Labute approximate surface area is 103 Å². The molecule has 2 heterocycles. The summed E-state index contributed by atoms with van der Waals surface area (Å²) < 4.78 is 17.7. The lowest BCUT2D eigenvalue weighted by molar-refractivity contribution is -0.0907. The molecule has 1 saturated heterocycles. The maximum Gasteiger partial charge on any atom is 0.151 e. The van der Waals surface area contributed by atoms with Crippen LogP contribution in [-0.2, 0) is 9.47 Å². The summed E-state index contributed by atoms with van der Waals surface area (Å²) in [6.45, 7) is 1.87.